The van der Waals surface area contributed by atoms with E-state index in [9.17, 15) is 0 Å². The van der Waals surface area contributed by atoms with Crippen molar-refractivity contribution in [2.45, 2.75) is 91.4 Å². The van der Waals surface area contributed by atoms with Crippen LogP contribution in [-0.4, -0.2) is 0 Å². The van der Waals surface area contributed by atoms with Crippen molar-refractivity contribution < 1.29 is 0 Å². The summed E-state index contributed by atoms with van der Waals surface area (Å²) in [7, 11) is 0. The topological polar surface area (TPSA) is 0 Å². The summed E-state index contributed by atoms with van der Waals surface area (Å²) in [6.07, 6.45) is 18.6. The smallest absolute Gasteiger partial charge is 0.0315 e. The van der Waals surface area contributed by atoms with Crippen molar-refractivity contribution in [3.05, 3.63) is 11.6 Å². The van der Waals surface area contributed by atoms with Gasteiger partial charge in [0.05, 0.1) is 0 Å². The van der Waals surface area contributed by atoms with Crippen molar-refractivity contribution in [3.8, 4) is 0 Å². The van der Waals surface area contributed by atoms with Crippen LogP contribution >= 0.6 is 0 Å². The molecular formula is C16H31. The SMILES string of the molecule is C/[C]=C(\CC)CCCCCCCCCCC. The van der Waals surface area contributed by atoms with Crippen LogP contribution in [0.25, 0.3) is 0 Å². The van der Waals surface area contributed by atoms with Gasteiger partial charge in [0, 0.05) is 0 Å². The van der Waals surface area contributed by atoms with Gasteiger partial charge in [-0.15, -0.1) is 0 Å². The maximum atomic E-state index is 3.29. The van der Waals surface area contributed by atoms with Gasteiger partial charge in [0.25, 0.3) is 0 Å². The molecule has 0 fully saturated rings. The lowest BCUT2D eigenvalue weighted by Crippen LogP contribution is -1.84. The number of allylic oxidation sites excluding steroid dienone is 2. The van der Waals surface area contributed by atoms with E-state index < -0.39 is 0 Å². The molecule has 0 aromatic rings. The summed E-state index contributed by atoms with van der Waals surface area (Å²) in [6.45, 7) is 6.57. The summed E-state index contributed by atoms with van der Waals surface area (Å²) < 4.78 is 0. The van der Waals surface area contributed by atoms with Gasteiger partial charge < -0.3 is 0 Å². The third-order valence-electron chi connectivity index (χ3n) is 3.36. The highest BCUT2D eigenvalue weighted by atomic mass is 14.0. The van der Waals surface area contributed by atoms with Gasteiger partial charge in [-0.3, -0.25) is 0 Å². The van der Waals surface area contributed by atoms with E-state index in [-0.39, 0.29) is 0 Å². The van der Waals surface area contributed by atoms with E-state index in [0.29, 0.717) is 0 Å². The van der Waals surface area contributed by atoms with Crippen LogP contribution in [0.5, 0.6) is 0 Å². The van der Waals surface area contributed by atoms with E-state index in [1.807, 2.05) is 6.92 Å². The fourth-order valence-corrected chi connectivity index (χ4v) is 2.13. The molecule has 0 aromatic carbocycles. The van der Waals surface area contributed by atoms with Gasteiger partial charge in [0.15, 0.2) is 0 Å². The quantitative estimate of drug-likeness (QED) is 0.373. The Bertz CT molecular complexity index is 155. The van der Waals surface area contributed by atoms with Gasteiger partial charge in [0.1, 0.15) is 0 Å². The van der Waals surface area contributed by atoms with Gasteiger partial charge in [-0.25, -0.2) is 0 Å². The Morgan fingerprint density at radius 1 is 0.750 bits per heavy atom. The highest BCUT2D eigenvalue weighted by Gasteiger charge is 1.95. The first-order valence-corrected chi connectivity index (χ1v) is 7.37. The molecule has 1 radical (unpaired) electrons. The van der Waals surface area contributed by atoms with Crippen molar-refractivity contribution in [2.24, 2.45) is 0 Å². The minimum atomic E-state index is 1.19. The Labute approximate surface area is 104 Å². The summed E-state index contributed by atoms with van der Waals surface area (Å²) in [6, 6.07) is 0. The van der Waals surface area contributed by atoms with Crippen LogP contribution in [0.3, 0.4) is 0 Å². The maximum Gasteiger partial charge on any atom is -0.0315 e. The molecule has 0 bridgehead atoms. The Hall–Kier alpha value is -0.260. The minimum absolute atomic E-state index is 1.19. The van der Waals surface area contributed by atoms with Crippen LogP contribution in [-0.2, 0) is 0 Å². The molecule has 0 aromatic heterocycles. The normalized spacial score (nSPS) is 12.1. The van der Waals surface area contributed by atoms with Gasteiger partial charge in [-0.2, -0.15) is 0 Å². The second-order valence-electron chi connectivity index (χ2n) is 4.79. The van der Waals surface area contributed by atoms with Crippen LogP contribution in [0.1, 0.15) is 91.4 Å². The Morgan fingerprint density at radius 2 is 1.25 bits per heavy atom. The Morgan fingerprint density at radius 3 is 1.69 bits per heavy atom. The summed E-state index contributed by atoms with van der Waals surface area (Å²) >= 11 is 0. The van der Waals surface area contributed by atoms with E-state index in [2.05, 4.69) is 19.9 Å². The number of unbranched alkanes of at least 4 members (excludes halogenated alkanes) is 8. The van der Waals surface area contributed by atoms with Gasteiger partial charge >= 0.3 is 0 Å². The van der Waals surface area contributed by atoms with Crippen LogP contribution in [0, 0.1) is 6.08 Å². The summed E-state index contributed by atoms with van der Waals surface area (Å²) in [4.78, 5) is 0. The summed E-state index contributed by atoms with van der Waals surface area (Å²) in [5.41, 5.74) is 1.52. The molecule has 0 saturated heterocycles. The highest BCUT2D eigenvalue weighted by molar-refractivity contribution is 4.93. The van der Waals surface area contributed by atoms with E-state index in [0.717, 1.165) is 0 Å². The molecule has 0 N–H and O–H groups in total. The van der Waals surface area contributed by atoms with Crippen molar-refractivity contribution in [1.29, 1.82) is 0 Å². The highest BCUT2D eigenvalue weighted by Crippen LogP contribution is 2.14. The second-order valence-corrected chi connectivity index (χ2v) is 4.79. The molecule has 0 nitrogen and oxygen atoms in total. The molecule has 0 saturated carbocycles. The Kier molecular flexibility index (Phi) is 12.6. The first kappa shape index (κ1) is 15.7. The van der Waals surface area contributed by atoms with Crippen LogP contribution in [0.2, 0.25) is 0 Å². The van der Waals surface area contributed by atoms with E-state index >= 15 is 0 Å². The van der Waals surface area contributed by atoms with Gasteiger partial charge in [0.2, 0.25) is 0 Å². The molecule has 0 aliphatic heterocycles. The monoisotopic (exact) mass is 223 g/mol. The predicted molar refractivity (Wildman–Crippen MR) is 74.6 cm³/mol. The third kappa shape index (κ3) is 10.3. The van der Waals surface area contributed by atoms with E-state index in [4.69, 9.17) is 0 Å². The zero-order chi connectivity index (χ0) is 12.1. The molecule has 95 valence electrons. The molecule has 16 heavy (non-hydrogen) atoms. The molecule has 0 aliphatic carbocycles. The standard InChI is InChI=1S/C16H31/c1-4-7-8-9-10-11-12-13-14-15-16(5-2)6-3/h4-5,7-15H2,1-3H3. The maximum absolute atomic E-state index is 3.29. The van der Waals surface area contributed by atoms with Crippen LogP contribution in [0.15, 0.2) is 5.57 Å². The third-order valence-corrected chi connectivity index (χ3v) is 3.36. The molecule has 0 spiro atoms. The minimum Gasteiger partial charge on any atom is -0.0673 e. The largest absolute Gasteiger partial charge is 0.0673 e. The summed E-state index contributed by atoms with van der Waals surface area (Å²) in [5.74, 6) is 0. The summed E-state index contributed by atoms with van der Waals surface area (Å²) in [5, 5.41) is 0. The van der Waals surface area contributed by atoms with Crippen molar-refractivity contribution in [3.63, 3.8) is 0 Å². The van der Waals surface area contributed by atoms with Crippen molar-refractivity contribution in [1.82, 2.24) is 0 Å². The first-order chi connectivity index (χ1) is 7.85. The fourth-order valence-electron chi connectivity index (χ4n) is 2.13. The van der Waals surface area contributed by atoms with Gasteiger partial charge in [-0.1, -0.05) is 70.8 Å². The second kappa shape index (κ2) is 12.8. The molecular weight excluding hydrogens is 192 g/mol. The molecule has 0 unspecified atom stereocenters. The average molecular weight is 223 g/mol. The number of hydrogen-bond donors (Lipinski definition) is 0. The average Bonchev–Trinajstić information content (AvgIpc) is 2.32. The molecule has 0 atom stereocenters. The molecule has 0 rings (SSSR count). The zero-order valence-electron chi connectivity index (χ0n) is 11.8. The molecule has 0 heterocycles. The van der Waals surface area contributed by atoms with Crippen molar-refractivity contribution >= 4 is 0 Å². The number of hydrogen-bond acceptors (Lipinski definition) is 0. The van der Waals surface area contributed by atoms with Crippen LogP contribution in [0.4, 0.5) is 0 Å². The van der Waals surface area contributed by atoms with E-state index in [1.54, 1.807) is 0 Å². The van der Waals surface area contributed by atoms with Crippen LogP contribution < -0.4 is 0 Å². The Balaban J connectivity index is 3.09. The lowest BCUT2D eigenvalue weighted by Gasteiger charge is -2.04. The lowest BCUT2D eigenvalue weighted by molar-refractivity contribution is 0.563. The zero-order valence-corrected chi connectivity index (χ0v) is 11.8. The first-order valence-electron chi connectivity index (χ1n) is 7.37. The number of rotatable bonds is 11. The molecule has 0 aliphatic rings. The van der Waals surface area contributed by atoms with E-state index in [1.165, 1.54) is 76.2 Å². The predicted octanol–water partition coefficient (Wildman–Crippen LogP) is 6.07. The van der Waals surface area contributed by atoms with Gasteiger partial charge in [-0.05, 0) is 32.3 Å². The van der Waals surface area contributed by atoms with Crippen molar-refractivity contribution in [2.75, 3.05) is 0 Å². The lowest BCUT2D eigenvalue weighted by atomic mass is 10.0. The molecule has 0 amide bonds. The fraction of sp³-hybridized carbons (Fsp3) is 0.875. The molecule has 0 heteroatoms.